The molecule has 0 atom stereocenters. The van der Waals surface area contributed by atoms with Crippen LogP contribution in [0.5, 0.6) is 11.5 Å². The van der Waals surface area contributed by atoms with Crippen molar-refractivity contribution in [3.05, 3.63) is 59.2 Å². The molecule has 0 fully saturated rings. The quantitative estimate of drug-likeness (QED) is 0.599. The zero-order valence-corrected chi connectivity index (χ0v) is 15.4. The first-order chi connectivity index (χ1) is 12.2. The maximum absolute atomic E-state index is 5.72. The Morgan fingerprint density at radius 2 is 1.88 bits per heavy atom. The highest BCUT2D eigenvalue weighted by Crippen LogP contribution is 2.20. The van der Waals surface area contributed by atoms with Crippen LogP contribution in [0.3, 0.4) is 0 Å². The van der Waals surface area contributed by atoms with E-state index in [0.717, 1.165) is 28.6 Å². The van der Waals surface area contributed by atoms with Crippen molar-refractivity contribution >= 4 is 5.96 Å². The van der Waals surface area contributed by atoms with Crippen molar-refractivity contribution in [2.75, 3.05) is 20.8 Å². The Morgan fingerprint density at radius 3 is 2.60 bits per heavy atom. The normalized spacial score (nSPS) is 11.1. The molecule has 2 N–H and O–H groups in total. The van der Waals surface area contributed by atoms with E-state index in [4.69, 9.17) is 9.47 Å². The average molecular weight is 341 g/mol. The molecule has 0 saturated heterocycles. The number of methoxy groups -OCH3 is 1. The molecule has 0 aliphatic rings. The van der Waals surface area contributed by atoms with Gasteiger partial charge in [-0.3, -0.25) is 4.99 Å². The molecular weight excluding hydrogens is 314 g/mol. The molecule has 134 valence electrons. The van der Waals surface area contributed by atoms with E-state index in [2.05, 4.69) is 46.8 Å². The number of benzene rings is 2. The zero-order chi connectivity index (χ0) is 18.1. The van der Waals surface area contributed by atoms with Gasteiger partial charge in [-0.05, 0) is 43.2 Å². The molecule has 0 aromatic heterocycles. The summed E-state index contributed by atoms with van der Waals surface area (Å²) < 4.78 is 11.0. The molecule has 0 saturated carbocycles. The lowest BCUT2D eigenvalue weighted by atomic mass is 10.1. The number of hydrogen-bond acceptors (Lipinski definition) is 3. The predicted molar refractivity (Wildman–Crippen MR) is 102 cm³/mol. The summed E-state index contributed by atoms with van der Waals surface area (Å²) in [5, 5.41) is 6.64. The van der Waals surface area contributed by atoms with E-state index < -0.39 is 0 Å². The van der Waals surface area contributed by atoms with Gasteiger partial charge in [0.2, 0.25) is 0 Å². The molecule has 5 nitrogen and oxygen atoms in total. The molecule has 0 radical (unpaired) electrons. The molecule has 0 aliphatic heterocycles. The van der Waals surface area contributed by atoms with E-state index in [-0.39, 0.29) is 0 Å². The van der Waals surface area contributed by atoms with Crippen LogP contribution in [0.25, 0.3) is 0 Å². The number of ether oxygens (including phenoxy) is 2. The Kier molecular flexibility index (Phi) is 7.14. The van der Waals surface area contributed by atoms with Crippen LogP contribution < -0.4 is 20.1 Å². The molecule has 0 aliphatic carbocycles. The Hall–Kier alpha value is -2.69. The van der Waals surface area contributed by atoms with Crippen LogP contribution in [0.15, 0.2) is 47.5 Å². The molecule has 2 aromatic carbocycles. The minimum absolute atomic E-state index is 0.646. The van der Waals surface area contributed by atoms with Crippen molar-refractivity contribution in [3.8, 4) is 11.5 Å². The summed E-state index contributed by atoms with van der Waals surface area (Å²) in [6, 6.07) is 14.2. The molecule has 0 amide bonds. The van der Waals surface area contributed by atoms with Crippen molar-refractivity contribution < 1.29 is 9.47 Å². The van der Waals surface area contributed by atoms with Crippen LogP contribution in [-0.4, -0.2) is 26.7 Å². The van der Waals surface area contributed by atoms with E-state index in [9.17, 15) is 0 Å². The second-order valence-corrected chi connectivity index (χ2v) is 5.68. The minimum atomic E-state index is 0.646. The standard InChI is InChI=1S/C20H27N3O2/c1-5-25-19-11-15(2)9-10-17(19)14-23-20(21-3)22-13-16-7-6-8-18(12-16)24-4/h6-12H,5,13-14H2,1-4H3,(H2,21,22,23). The molecule has 5 heteroatoms. The maximum atomic E-state index is 5.72. The van der Waals surface area contributed by atoms with Gasteiger partial charge in [0.05, 0.1) is 13.7 Å². The third-order valence-electron chi connectivity index (χ3n) is 3.79. The molecule has 2 rings (SSSR count). The van der Waals surface area contributed by atoms with Crippen molar-refractivity contribution in [1.82, 2.24) is 10.6 Å². The summed E-state index contributed by atoms with van der Waals surface area (Å²) >= 11 is 0. The SMILES string of the molecule is CCOc1cc(C)ccc1CNC(=NC)NCc1cccc(OC)c1. The Morgan fingerprint density at radius 1 is 1.08 bits per heavy atom. The minimum Gasteiger partial charge on any atom is -0.497 e. The molecule has 0 bridgehead atoms. The third kappa shape index (κ3) is 5.71. The van der Waals surface area contributed by atoms with E-state index in [0.29, 0.717) is 19.7 Å². The lowest BCUT2D eigenvalue weighted by Crippen LogP contribution is -2.36. The average Bonchev–Trinajstić information content (AvgIpc) is 2.63. The fourth-order valence-electron chi connectivity index (χ4n) is 2.47. The summed E-state index contributed by atoms with van der Waals surface area (Å²) in [7, 11) is 3.43. The van der Waals surface area contributed by atoms with E-state index in [1.807, 2.05) is 25.1 Å². The zero-order valence-electron chi connectivity index (χ0n) is 15.4. The number of nitrogens with one attached hydrogen (secondary N) is 2. The highest BCUT2D eigenvalue weighted by atomic mass is 16.5. The second-order valence-electron chi connectivity index (χ2n) is 5.68. The largest absolute Gasteiger partial charge is 0.497 e. The van der Waals surface area contributed by atoms with Crippen LogP contribution >= 0.6 is 0 Å². The molecule has 0 heterocycles. The second kappa shape index (κ2) is 9.57. The van der Waals surface area contributed by atoms with Gasteiger partial charge < -0.3 is 20.1 Å². The van der Waals surface area contributed by atoms with E-state index in [1.54, 1.807) is 14.2 Å². The molecule has 0 unspecified atom stereocenters. The Balaban J connectivity index is 1.94. The van der Waals surface area contributed by atoms with Gasteiger partial charge in [0.15, 0.2) is 5.96 Å². The maximum Gasteiger partial charge on any atom is 0.191 e. The highest BCUT2D eigenvalue weighted by Gasteiger charge is 2.06. The van der Waals surface area contributed by atoms with Gasteiger partial charge in [0.1, 0.15) is 11.5 Å². The van der Waals surface area contributed by atoms with Gasteiger partial charge in [0.25, 0.3) is 0 Å². The summed E-state index contributed by atoms with van der Waals surface area (Å²) in [5.74, 6) is 2.51. The highest BCUT2D eigenvalue weighted by molar-refractivity contribution is 5.79. The molecule has 0 spiro atoms. The fourth-order valence-corrected chi connectivity index (χ4v) is 2.47. The van der Waals surface area contributed by atoms with Crippen molar-refractivity contribution in [2.24, 2.45) is 4.99 Å². The first-order valence-electron chi connectivity index (χ1n) is 8.46. The van der Waals surface area contributed by atoms with E-state index in [1.165, 1.54) is 5.56 Å². The summed E-state index contributed by atoms with van der Waals surface area (Å²) in [6.45, 7) is 6.03. The van der Waals surface area contributed by atoms with Crippen LogP contribution in [0.1, 0.15) is 23.6 Å². The van der Waals surface area contributed by atoms with Gasteiger partial charge in [0, 0.05) is 25.7 Å². The number of guanidine groups is 1. The number of hydrogen-bond donors (Lipinski definition) is 2. The molecular formula is C20H27N3O2. The smallest absolute Gasteiger partial charge is 0.191 e. The fraction of sp³-hybridized carbons (Fsp3) is 0.350. The number of nitrogens with zero attached hydrogens (tertiary/aromatic N) is 1. The first kappa shape index (κ1) is 18.6. The van der Waals surface area contributed by atoms with E-state index >= 15 is 0 Å². The first-order valence-corrected chi connectivity index (χ1v) is 8.46. The van der Waals surface area contributed by atoms with Crippen LogP contribution in [-0.2, 0) is 13.1 Å². The Bertz CT molecular complexity index is 714. The topological polar surface area (TPSA) is 54.9 Å². The number of aliphatic imine (C=N–C) groups is 1. The van der Waals surface area contributed by atoms with Gasteiger partial charge in [-0.2, -0.15) is 0 Å². The summed E-state index contributed by atoms with van der Waals surface area (Å²) in [4.78, 5) is 4.28. The lowest BCUT2D eigenvalue weighted by molar-refractivity contribution is 0.336. The molecule has 25 heavy (non-hydrogen) atoms. The Labute approximate surface area is 150 Å². The van der Waals surface area contributed by atoms with Crippen LogP contribution in [0, 0.1) is 6.92 Å². The van der Waals surface area contributed by atoms with Crippen molar-refractivity contribution in [1.29, 1.82) is 0 Å². The third-order valence-corrected chi connectivity index (χ3v) is 3.79. The summed E-state index contributed by atoms with van der Waals surface area (Å²) in [6.07, 6.45) is 0. The summed E-state index contributed by atoms with van der Waals surface area (Å²) in [5.41, 5.74) is 3.43. The van der Waals surface area contributed by atoms with Crippen LogP contribution in [0.2, 0.25) is 0 Å². The van der Waals surface area contributed by atoms with Gasteiger partial charge in [-0.25, -0.2) is 0 Å². The molecule has 2 aromatic rings. The van der Waals surface area contributed by atoms with Crippen molar-refractivity contribution in [3.63, 3.8) is 0 Å². The number of aryl methyl sites for hydroxylation is 1. The number of rotatable bonds is 7. The van der Waals surface area contributed by atoms with Gasteiger partial charge >= 0.3 is 0 Å². The van der Waals surface area contributed by atoms with Crippen LogP contribution in [0.4, 0.5) is 0 Å². The lowest BCUT2D eigenvalue weighted by Gasteiger charge is -2.15. The van der Waals surface area contributed by atoms with Gasteiger partial charge in [-0.15, -0.1) is 0 Å². The predicted octanol–water partition coefficient (Wildman–Crippen LogP) is 3.27. The monoisotopic (exact) mass is 341 g/mol. The van der Waals surface area contributed by atoms with Gasteiger partial charge in [-0.1, -0.05) is 24.3 Å². The van der Waals surface area contributed by atoms with Crippen molar-refractivity contribution in [2.45, 2.75) is 26.9 Å².